The summed E-state index contributed by atoms with van der Waals surface area (Å²) in [6.07, 6.45) is 0.0118. The molecular weight excluding hydrogens is 261 g/mol. The van der Waals surface area contributed by atoms with Gasteiger partial charge in [-0.05, 0) is 27.2 Å². The molecule has 18 heavy (non-hydrogen) atoms. The van der Waals surface area contributed by atoms with E-state index in [0.29, 0.717) is 6.42 Å². The molecule has 0 bridgehead atoms. The van der Waals surface area contributed by atoms with Gasteiger partial charge in [0.05, 0.1) is 13.2 Å². The van der Waals surface area contributed by atoms with Gasteiger partial charge in [0.15, 0.2) is 0 Å². The summed E-state index contributed by atoms with van der Waals surface area (Å²) in [5, 5.41) is 2.39. The standard InChI is InChI=1S/C10H22NO6P/c1-5-7-15-18(13,14)16-8-6-11-9(12)17-10(2,3)4/h5-8H2,1-4H3,(H,11,12)(H,13,14). The summed E-state index contributed by atoms with van der Waals surface area (Å²) >= 11 is 0. The van der Waals surface area contributed by atoms with Crippen LogP contribution < -0.4 is 5.32 Å². The number of nitrogens with one attached hydrogen (secondary N) is 1. The monoisotopic (exact) mass is 283 g/mol. The Kier molecular flexibility index (Phi) is 7.47. The first kappa shape index (κ1) is 17.4. The first-order valence-corrected chi connectivity index (χ1v) is 7.24. The minimum atomic E-state index is -4.00. The van der Waals surface area contributed by atoms with Gasteiger partial charge in [0, 0.05) is 6.54 Å². The van der Waals surface area contributed by atoms with Crippen LogP contribution in [0.2, 0.25) is 0 Å². The fourth-order valence-corrected chi connectivity index (χ4v) is 1.68. The Morgan fingerprint density at radius 3 is 2.33 bits per heavy atom. The van der Waals surface area contributed by atoms with Gasteiger partial charge in [-0.15, -0.1) is 0 Å². The Balaban J connectivity index is 3.73. The maximum atomic E-state index is 11.2. The van der Waals surface area contributed by atoms with Gasteiger partial charge >= 0.3 is 13.9 Å². The van der Waals surface area contributed by atoms with Crippen molar-refractivity contribution in [2.45, 2.75) is 39.7 Å². The highest BCUT2D eigenvalue weighted by Gasteiger charge is 2.20. The summed E-state index contributed by atoms with van der Waals surface area (Å²) in [5.74, 6) is 0. The van der Waals surface area contributed by atoms with Crippen LogP contribution in [0, 0.1) is 0 Å². The summed E-state index contributed by atoms with van der Waals surface area (Å²) in [4.78, 5) is 20.4. The van der Waals surface area contributed by atoms with E-state index in [1.54, 1.807) is 20.8 Å². The first-order chi connectivity index (χ1) is 8.16. The SMILES string of the molecule is CCCOP(=O)(O)OCCNC(=O)OC(C)(C)C. The van der Waals surface area contributed by atoms with Crippen LogP contribution in [0.5, 0.6) is 0 Å². The van der Waals surface area contributed by atoms with Crippen molar-refractivity contribution in [3.63, 3.8) is 0 Å². The number of carbonyl (C=O) groups excluding carboxylic acids is 1. The molecule has 108 valence electrons. The predicted octanol–water partition coefficient (Wildman–Crippen LogP) is 2.05. The van der Waals surface area contributed by atoms with Crippen LogP contribution in [0.4, 0.5) is 4.79 Å². The zero-order chi connectivity index (χ0) is 14.2. The average Bonchev–Trinajstić information content (AvgIpc) is 2.19. The van der Waals surface area contributed by atoms with Gasteiger partial charge in [-0.1, -0.05) is 6.92 Å². The molecule has 0 saturated heterocycles. The summed E-state index contributed by atoms with van der Waals surface area (Å²) in [6, 6.07) is 0. The maximum absolute atomic E-state index is 11.2. The van der Waals surface area contributed by atoms with Crippen LogP contribution in [0.1, 0.15) is 34.1 Å². The van der Waals surface area contributed by atoms with Crippen molar-refractivity contribution in [3.8, 4) is 0 Å². The number of hydrogen-bond acceptors (Lipinski definition) is 5. The van der Waals surface area contributed by atoms with Crippen LogP contribution in [0.3, 0.4) is 0 Å². The van der Waals surface area contributed by atoms with Gasteiger partial charge in [0.25, 0.3) is 0 Å². The number of hydrogen-bond donors (Lipinski definition) is 2. The highest BCUT2D eigenvalue weighted by atomic mass is 31.2. The van der Waals surface area contributed by atoms with Gasteiger partial charge in [-0.25, -0.2) is 9.36 Å². The lowest BCUT2D eigenvalue weighted by molar-refractivity contribution is 0.0513. The molecule has 0 aliphatic carbocycles. The van der Waals surface area contributed by atoms with Gasteiger partial charge in [-0.2, -0.15) is 0 Å². The van der Waals surface area contributed by atoms with Crippen molar-refractivity contribution in [3.05, 3.63) is 0 Å². The normalized spacial score (nSPS) is 14.9. The molecular formula is C10H22NO6P. The number of ether oxygens (including phenoxy) is 1. The van der Waals surface area contributed by atoms with E-state index in [4.69, 9.17) is 9.63 Å². The topological polar surface area (TPSA) is 94.1 Å². The zero-order valence-electron chi connectivity index (χ0n) is 11.3. The smallest absolute Gasteiger partial charge is 0.444 e. The molecule has 0 fully saturated rings. The molecule has 0 aliphatic heterocycles. The highest BCUT2D eigenvalue weighted by molar-refractivity contribution is 7.47. The predicted molar refractivity (Wildman–Crippen MR) is 66.3 cm³/mol. The third-order valence-corrected chi connectivity index (χ3v) is 2.50. The van der Waals surface area contributed by atoms with Crippen LogP contribution in [0.15, 0.2) is 0 Å². The zero-order valence-corrected chi connectivity index (χ0v) is 12.2. The molecule has 0 aliphatic rings. The van der Waals surface area contributed by atoms with E-state index in [1.807, 2.05) is 6.92 Å². The third-order valence-electron chi connectivity index (χ3n) is 1.48. The number of amides is 1. The van der Waals surface area contributed by atoms with Gasteiger partial charge in [0.2, 0.25) is 0 Å². The molecule has 0 heterocycles. The molecule has 1 atom stereocenters. The number of carbonyl (C=O) groups is 1. The molecule has 0 aromatic rings. The fraction of sp³-hybridized carbons (Fsp3) is 0.900. The van der Waals surface area contributed by atoms with Crippen molar-refractivity contribution in [2.24, 2.45) is 0 Å². The van der Waals surface area contributed by atoms with Gasteiger partial charge in [0.1, 0.15) is 5.60 Å². The van der Waals surface area contributed by atoms with E-state index >= 15 is 0 Å². The van der Waals surface area contributed by atoms with Crippen LogP contribution in [-0.4, -0.2) is 36.3 Å². The second-order valence-corrected chi connectivity index (χ2v) is 6.02. The van der Waals surface area contributed by atoms with E-state index in [0.717, 1.165) is 0 Å². The van der Waals surface area contributed by atoms with E-state index in [1.165, 1.54) is 0 Å². The minimum absolute atomic E-state index is 0.0644. The van der Waals surface area contributed by atoms with Crippen molar-refractivity contribution in [2.75, 3.05) is 19.8 Å². The van der Waals surface area contributed by atoms with Gasteiger partial charge in [-0.3, -0.25) is 9.05 Å². The Bertz CT molecular complexity index is 301. The molecule has 0 saturated carbocycles. The lowest BCUT2D eigenvalue weighted by atomic mass is 10.2. The molecule has 1 amide bonds. The van der Waals surface area contributed by atoms with Crippen molar-refractivity contribution < 1.29 is 28.0 Å². The molecule has 2 N–H and O–H groups in total. The molecule has 0 aromatic carbocycles. The van der Waals surface area contributed by atoms with Gasteiger partial charge < -0.3 is 14.9 Å². The quantitative estimate of drug-likeness (QED) is 0.548. The Morgan fingerprint density at radius 1 is 1.28 bits per heavy atom. The summed E-state index contributed by atoms with van der Waals surface area (Å²) in [6.45, 7) is 7.11. The van der Waals surface area contributed by atoms with Crippen LogP contribution >= 0.6 is 7.82 Å². The maximum Gasteiger partial charge on any atom is 0.472 e. The first-order valence-electron chi connectivity index (χ1n) is 5.75. The van der Waals surface area contributed by atoms with Crippen molar-refractivity contribution >= 4 is 13.9 Å². The summed E-state index contributed by atoms with van der Waals surface area (Å²) < 4.78 is 25.4. The van der Waals surface area contributed by atoms with Crippen molar-refractivity contribution in [1.29, 1.82) is 0 Å². The Morgan fingerprint density at radius 2 is 1.83 bits per heavy atom. The highest BCUT2D eigenvalue weighted by Crippen LogP contribution is 2.42. The second kappa shape index (κ2) is 7.74. The third kappa shape index (κ3) is 10.5. The largest absolute Gasteiger partial charge is 0.472 e. The molecule has 0 radical (unpaired) electrons. The summed E-state index contributed by atoms with van der Waals surface area (Å²) in [7, 11) is -4.00. The lowest BCUT2D eigenvalue weighted by Gasteiger charge is -2.19. The number of phosphoric ester groups is 1. The van der Waals surface area contributed by atoms with E-state index in [9.17, 15) is 9.36 Å². The van der Waals surface area contributed by atoms with Crippen LogP contribution in [-0.2, 0) is 18.3 Å². The fourth-order valence-electron chi connectivity index (χ4n) is 0.872. The lowest BCUT2D eigenvalue weighted by Crippen LogP contribution is -2.34. The minimum Gasteiger partial charge on any atom is -0.444 e. The van der Waals surface area contributed by atoms with Crippen LogP contribution in [0.25, 0.3) is 0 Å². The van der Waals surface area contributed by atoms with E-state index in [-0.39, 0.29) is 19.8 Å². The molecule has 1 unspecified atom stereocenters. The van der Waals surface area contributed by atoms with E-state index in [2.05, 4.69) is 14.4 Å². The molecule has 8 heteroatoms. The number of alkyl carbamates (subject to hydrolysis) is 1. The van der Waals surface area contributed by atoms with Crippen molar-refractivity contribution in [1.82, 2.24) is 5.32 Å². The number of phosphoric acid groups is 1. The van der Waals surface area contributed by atoms with E-state index < -0.39 is 19.5 Å². The molecule has 0 rings (SSSR count). The molecule has 0 aromatic heterocycles. The number of rotatable bonds is 7. The second-order valence-electron chi connectivity index (χ2n) is 4.56. The molecule has 0 spiro atoms. The molecule has 7 nitrogen and oxygen atoms in total. The Hall–Kier alpha value is -0.620. The Labute approximate surface area is 107 Å². The average molecular weight is 283 g/mol. The summed E-state index contributed by atoms with van der Waals surface area (Å²) in [5.41, 5.74) is -0.582.